The maximum atomic E-state index is 4.52. The van der Waals surface area contributed by atoms with Crippen molar-refractivity contribution in [2.45, 2.75) is 0 Å². The van der Waals surface area contributed by atoms with Crippen molar-refractivity contribution >= 4 is 17.1 Å². The minimum atomic E-state index is 0.958. The first-order valence-corrected chi connectivity index (χ1v) is 10.3. The van der Waals surface area contributed by atoms with Gasteiger partial charge in [-0.2, -0.15) is 0 Å². The molecule has 31 heavy (non-hydrogen) atoms. The SMILES string of the molecule is c1ccc(N(c2cccc(-c3ccccn3)c2)c2cccc(-c3ccccn3)c2)cc1. The van der Waals surface area contributed by atoms with Crippen molar-refractivity contribution in [2.24, 2.45) is 0 Å². The summed E-state index contributed by atoms with van der Waals surface area (Å²) in [5.41, 5.74) is 7.33. The van der Waals surface area contributed by atoms with Crippen molar-refractivity contribution in [3.8, 4) is 22.5 Å². The first kappa shape index (κ1) is 18.8. The molecule has 2 heterocycles. The van der Waals surface area contributed by atoms with Crippen LogP contribution in [-0.4, -0.2) is 9.97 Å². The van der Waals surface area contributed by atoms with Crippen molar-refractivity contribution in [3.63, 3.8) is 0 Å². The topological polar surface area (TPSA) is 29.0 Å². The fraction of sp³-hybridized carbons (Fsp3) is 0. The Balaban J connectivity index is 1.63. The molecule has 3 heteroatoms. The third kappa shape index (κ3) is 4.07. The van der Waals surface area contributed by atoms with Crippen molar-refractivity contribution in [1.29, 1.82) is 0 Å². The average molecular weight is 399 g/mol. The molecule has 0 fully saturated rings. The lowest BCUT2D eigenvalue weighted by Crippen LogP contribution is -2.10. The highest BCUT2D eigenvalue weighted by Gasteiger charge is 2.14. The van der Waals surface area contributed by atoms with Crippen LogP contribution in [0.5, 0.6) is 0 Å². The number of pyridine rings is 2. The van der Waals surface area contributed by atoms with E-state index in [9.17, 15) is 0 Å². The molecule has 5 aromatic rings. The monoisotopic (exact) mass is 399 g/mol. The lowest BCUT2D eigenvalue weighted by atomic mass is 10.1. The van der Waals surface area contributed by atoms with E-state index >= 15 is 0 Å². The van der Waals surface area contributed by atoms with Gasteiger partial charge in [0.05, 0.1) is 11.4 Å². The molecule has 0 aliphatic carbocycles. The second-order valence-corrected chi connectivity index (χ2v) is 7.20. The zero-order valence-corrected chi connectivity index (χ0v) is 17.0. The number of aromatic nitrogens is 2. The molecule has 0 bridgehead atoms. The van der Waals surface area contributed by atoms with E-state index in [0.29, 0.717) is 0 Å². The summed E-state index contributed by atoms with van der Waals surface area (Å²) in [5.74, 6) is 0. The molecule has 0 aliphatic heterocycles. The van der Waals surface area contributed by atoms with Gasteiger partial charge in [-0.05, 0) is 60.7 Å². The van der Waals surface area contributed by atoms with Crippen LogP contribution in [0.3, 0.4) is 0 Å². The highest BCUT2D eigenvalue weighted by molar-refractivity contribution is 5.81. The Morgan fingerprint density at radius 1 is 0.419 bits per heavy atom. The Kier molecular flexibility index (Phi) is 5.23. The van der Waals surface area contributed by atoms with Gasteiger partial charge in [0.2, 0.25) is 0 Å². The average Bonchev–Trinajstić information content (AvgIpc) is 2.86. The van der Waals surface area contributed by atoms with Crippen molar-refractivity contribution < 1.29 is 0 Å². The van der Waals surface area contributed by atoms with Gasteiger partial charge in [0.15, 0.2) is 0 Å². The van der Waals surface area contributed by atoms with Gasteiger partial charge in [0, 0.05) is 40.6 Å². The first-order valence-electron chi connectivity index (χ1n) is 10.3. The van der Waals surface area contributed by atoms with Gasteiger partial charge in [-0.15, -0.1) is 0 Å². The van der Waals surface area contributed by atoms with Crippen LogP contribution in [0.4, 0.5) is 17.1 Å². The highest BCUT2D eigenvalue weighted by Crippen LogP contribution is 2.37. The molecule has 0 spiro atoms. The standard InChI is InChI=1S/C28H21N3/c1-2-12-24(13-3-1)31(25-14-8-10-22(20-25)27-16-4-6-18-29-27)26-15-9-11-23(21-26)28-17-5-7-19-30-28/h1-21H. The molecule has 0 amide bonds. The molecule has 0 atom stereocenters. The third-order valence-corrected chi connectivity index (χ3v) is 5.14. The summed E-state index contributed by atoms with van der Waals surface area (Å²) >= 11 is 0. The minimum Gasteiger partial charge on any atom is -0.310 e. The smallest absolute Gasteiger partial charge is 0.0702 e. The lowest BCUT2D eigenvalue weighted by molar-refractivity contribution is 1.27. The van der Waals surface area contributed by atoms with Crippen molar-refractivity contribution in [1.82, 2.24) is 9.97 Å². The number of rotatable bonds is 5. The minimum absolute atomic E-state index is 0.958. The van der Waals surface area contributed by atoms with Crippen molar-refractivity contribution in [3.05, 3.63) is 128 Å². The molecule has 0 N–H and O–H groups in total. The molecular formula is C28H21N3. The van der Waals surface area contributed by atoms with Crippen LogP contribution < -0.4 is 4.90 Å². The molecule has 0 aliphatic rings. The molecule has 0 saturated carbocycles. The molecule has 0 unspecified atom stereocenters. The summed E-state index contributed by atoms with van der Waals surface area (Å²) in [7, 11) is 0. The summed E-state index contributed by atoms with van der Waals surface area (Å²) in [6.07, 6.45) is 3.65. The number of benzene rings is 3. The van der Waals surface area contributed by atoms with E-state index in [1.807, 2.05) is 54.9 Å². The maximum Gasteiger partial charge on any atom is 0.0702 e. The summed E-state index contributed by atoms with van der Waals surface area (Å²) in [6.45, 7) is 0. The summed E-state index contributed by atoms with van der Waals surface area (Å²) in [5, 5.41) is 0. The van der Waals surface area contributed by atoms with E-state index in [0.717, 1.165) is 39.6 Å². The number of hydrogen-bond acceptors (Lipinski definition) is 3. The summed E-state index contributed by atoms with van der Waals surface area (Å²) in [6, 6.07) is 39.4. The first-order chi connectivity index (χ1) is 15.4. The van der Waals surface area contributed by atoms with Crippen LogP contribution >= 0.6 is 0 Å². The van der Waals surface area contributed by atoms with Gasteiger partial charge in [0.1, 0.15) is 0 Å². The normalized spacial score (nSPS) is 10.6. The van der Waals surface area contributed by atoms with Crippen LogP contribution in [0, 0.1) is 0 Å². The van der Waals surface area contributed by atoms with Crippen LogP contribution in [-0.2, 0) is 0 Å². The number of hydrogen-bond donors (Lipinski definition) is 0. The molecule has 2 aromatic heterocycles. The fourth-order valence-electron chi connectivity index (χ4n) is 3.70. The summed E-state index contributed by atoms with van der Waals surface area (Å²) in [4.78, 5) is 11.3. The Hall–Kier alpha value is -4.24. The van der Waals surface area contributed by atoms with Gasteiger partial charge in [-0.1, -0.05) is 54.6 Å². The van der Waals surface area contributed by atoms with Gasteiger partial charge in [-0.25, -0.2) is 0 Å². The second-order valence-electron chi connectivity index (χ2n) is 7.20. The molecule has 0 radical (unpaired) electrons. The molecular weight excluding hydrogens is 378 g/mol. The Bertz CT molecular complexity index is 1190. The molecule has 148 valence electrons. The Morgan fingerprint density at radius 2 is 0.903 bits per heavy atom. The van der Waals surface area contributed by atoms with E-state index in [-0.39, 0.29) is 0 Å². The van der Waals surface area contributed by atoms with Crippen molar-refractivity contribution in [2.75, 3.05) is 4.90 Å². The molecule has 3 aromatic carbocycles. The number of anilines is 3. The van der Waals surface area contributed by atoms with Gasteiger partial charge in [-0.3, -0.25) is 9.97 Å². The highest BCUT2D eigenvalue weighted by atomic mass is 15.1. The summed E-state index contributed by atoms with van der Waals surface area (Å²) < 4.78 is 0. The zero-order chi connectivity index (χ0) is 20.9. The third-order valence-electron chi connectivity index (χ3n) is 5.14. The zero-order valence-electron chi connectivity index (χ0n) is 17.0. The second kappa shape index (κ2) is 8.64. The number of nitrogens with zero attached hydrogens (tertiary/aromatic N) is 3. The Labute approximate surface area is 182 Å². The van der Waals surface area contributed by atoms with Gasteiger partial charge >= 0.3 is 0 Å². The maximum absolute atomic E-state index is 4.52. The van der Waals surface area contributed by atoms with Crippen LogP contribution in [0.1, 0.15) is 0 Å². The van der Waals surface area contributed by atoms with E-state index in [1.54, 1.807) is 0 Å². The largest absolute Gasteiger partial charge is 0.310 e. The van der Waals surface area contributed by atoms with Crippen LogP contribution in [0.15, 0.2) is 128 Å². The van der Waals surface area contributed by atoms with Crippen LogP contribution in [0.25, 0.3) is 22.5 Å². The van der Waals surface area contributed by atoms with Gasteiger partial charge in [0.25, 0.3) is 0 Å². The Morgan fingerprint density at radius 3 is 1.39 bits per heavy atom. The van der Waals surface area contributed by atoms with E-state index in [2.05, 4.69) is 87.7 Å². The van der Waals surface area contributed by atoms with E-state index in [1.165, 1.54) is 0 Å². The predicted octanol–water partition coefficient (Wildman–Crippen LogP) is 7.28. The molecule has 5 rings (SSSR count). The van der Waals surface area contributed by atoms with Crippen LogP contribution in [0.2, 0.25) is 0 Å². The number of para-hydroxylation sites is 1. The molecule has 3 nitrogen and oxygen atoms in total. The van der Waals surface area contributed by atoms with E-state index < -0.39 is 0 Å². The quantitative estimate of drug-likeness (QED) is 0.311. The molecule has 0 saturated heterocycles. The van der Waals surface area contributed by atoms with E-state index in [4.69, 9.17) is 0 Å². The fourth-order valence-corrected chi connectivity index (χ4v) is 3.70. The predicted molar refractivity (Wildman–Crippen MR) is 128 cm³/mol. The lowest BCUT2D eigenvalue weighted by Gasteiger charge is -2.26. The van der Waals surface area contributed by atoms with Gasteiger partial charge < -0.3 is 4.90 Å².